The van der Waals surface area contributed by atoms with Crippen molar-refractivity contribution in [2.45, 2.75) is 6.54 Å². The Labute approximate surface area is 120 Å². The monoisotopic (exact) mass is 287 g/mol. The Balaban J connectivity index is 2.05. The normalized spacial score (nSPS) is 11.2. The fourth-order valence-electron chi connectivity index (χ4n) is 1.81. The van der Waals surface area contributed by atoms with Crippen LogP contribution in [0.3, 0.4) is 0 Å². The smallest absolute Gasteiger partial charge is 0.251 e. The van der Waals surface area contributed by atoms with Crippen LogP contribution in [0.1, 0.15) is 21.5 Å². The molecule has 2 aromatic carbocycles. The van der Waals surface area contributed by atoms with Gasteiger partial charge in [-0.05, 0) is 29.8 Å². The Morgan fingerprint density at radius 1 is 1.19 bits per heavy atom. The molecule has 2 aromatic rings. The van der Waals surface area contributed by atoms with Crippen molar-refractivity contribution in [3.8, 4) is 0 Å². The second kappa shape index (κ2) is 6.51. The molecule has 0 radical (unpaired) electrons. The molecule has 0 unspecified atom stereocenters. The van der Waals surface area contributed by atoms with Crippen molar-refractivity contribution >= 4 is 11.7 Å². The first-order valence-corrected chi connectivity index (χ1v) is 6.21. The average Bonchev–Trinajstić information content (AvgIpc) is 2.52. The highest BCUT2D eigenvalue weighted by Crippen LogP contribution is 2.07. The Hall–Kier alpha value is -2.89. The number of nitrogens with two attached hydrogens (primary N) is 1. The first-order chi connectivity index (χ1) is 10.1. The lowest BCUT2D eigenvalue weighted by Gasteiger charge is -2.07. The van der Waals surface area contributed by atoms with E-state index >= 15 is 0 Å². The predicted molar refractivity (Wildman–Crippen MR) is 76.5 cm³/mol. The minimum atomic E-state index is -0.462. The topological polar surface area (TPSA) is 87.7 Å². The summed E-state index contributed by atoms with van der Waals surface area (Å²) in [4.78, 5) is 11.9. The van der Waals surface area contributed by atoms with Gasteiger partial charge >= 0.3 is 0 Å². The predicted octanol–water partition coefficient (Wildman–Crippen LogP) is 1.85. The number of nitrogens with zero attached hydrogens (tertiary/aromatic N) is 1. The van der Waals surface area contributed by atoms with Gasteiger partial charge in [0.2, 0.25) is 0 Å². The van der Waals surface area contributed by atoms with Crippen LogP contribution in [0.25, 0.3) is 0 Å². The Morgan fingerprint density at radius 3 is 2.62 bits per heavy atom. The van der Waals surface area contributed by atoms with E-state index in [4.69, 9.17) is 10.9 Å². The van der Waals surface area contributed by atoms with Crippen molar-refractivity contribution in [1.29, 1.82) is 0 Å². The van der Waals surface area contributed by atoms with Gasteiger partial charge in [-0.2, -0.15) is 0 Å². The molecule has 0 heterocycles. The fourth-order valence-corrected chi connectivity index (χ4v) is 1.81. The molecule has 0 aliphatic carbocycles. The van der Waals surface area contributed by atoms with Gasteiger partial charge in [-0.25, -0.2) is 4.39 Å². The van der Waals surface area contributed by atoms with Crippen molar-refractivity contribution in [3.05, 3.63) is 71.0 Å². The van der Waals surface area contributed by atoms with E-state index in [9.17, 15) is 9.18 Å². The molecule has 6 heteroatoms. The number of carbonyl (C=O) groups is 1. The van der Waals surface area contributed by atoms with Crippen LogP contribution in [0.2, 0.25) is 0 Å². The van der Waals surface area contributed by atoms with E-state index in [0.717, 1.165) is 5.56 Å². The molecule has 0 bridgehead atoms. The number of rotatable bonds is 4. The van der Waals surface area contributed by atoms with E-state index in [1.807, 2.05) is 0 Å². The molecule has 4 N–H and O–H groups in total. The van der Waals surface area contributed by atoms with Gasteiger partial charge in [-0.15, -0.1) is 0 Å². The number of hydrogen-bond acceptors (Lipinski definition) is 3. The number of oxime groups is 1. The van der Waals surface area contributed by atoms with Gasteiger partial charge in [0.1, 0.15) is 5.82 Å². The van der Waals surface area contributed by atoms with Crippen LogP contribution >= 0.6 is 0 Å². The molecule has 0 saturated heterocycles. The number of hydrogen-bond donors (Lipinski definition) is 3. The molecule has 5 nitrogen and oxygen atoms in total. The Bertz CT molecular complexity index is 686. The van der Waals surface area contributed by atoms with Gasteiger partial charge in [-0.3, -0.25) is 4.79 Å². The van der Waals surface area contributed by atoms with E-state index in [-0.39, 0.29) is 23.9 Å². The molecule has 0 aliphatic rings. The summed E-state index contributed by atoms with van der Waals surface area (Å²) in [5, 5.41) is 14.2. The van der Waals surface area contributed by atoms with E-state index < -0.39 is 5.82 Å². The highest BCUT2D eigenvalue weighted by molar-refractivity contribution is 5.97. The summed E-state index contributed by atoms with van der Waals surface area (Å²) in [5.41, 5.74) is 7.08. The van der Waals surface area contributed by atoms with E-state index in [2.05, 4.69) is 10.5 Å². The van der Waals surface area contributed by atoms with Gasteiger partial charge in [0, 0.05) is 17.7 Å². The molecule has 21 heavy (non-hydrogen) atoms. The molecule has 0 saturated carbocycles. The van der Waals surface area contributed by atoms with Crippen molar-refractivity contribution in [2.75, 3.05) is 0 Å². The van der Waals surface area contributed by atoms with Crippen LogP contribution in [0, 0.1) is 5.82 Å². The molecule has 0 spiro atoms. The molecule has 1 amide bonds. The molecule has 2 rings (SSSR count). The van der Waals surface area contributed by atoms with E-state index in [0.29, 0.717) is 5.56 Å². The maximum atomic E-state index is 13.0. The Kier molecular flexibility index (Phi) is 4.50. The molecule has 108 valence electrons. The van der Waals surface area contributed by atoms with Gasteiger partial charge in [-0.1, -0.05) is 29.4 Å². The molecule has 0 fully saturated rings. The van der Waals surface area contributed by atoms with Crippen LogP contribution in [-0.2, 0) is 6.54 Å². The second-order valence-electron chi connectivity index (χ2n) is 4.38. The van der Waals surface area contributed by atoms with Crippen molar-refractivity contribution in [3.63, 3.8) is 0 Å². The zero-order valence-corrected chi connectivity index (χ0v) is 11.1. The molecule has 0 aromatic heterocycles. The molecule has 0 aliphatic heterocycles. The van der Waals surface area contributed by atoms with E-state index in [1.54, 1.807) is 24.3 Å². The van der Waals surface area contributed by atoms with Gasteiger partial charge in [0.05, 0.1) is 0 Å². The second-order valence-corrected chi connectivity index (χ2v) is 4.38. The lowest BCUT2D eigenvalue weighted by atomic mass is 10.1. The standard InChI is InChI=1S/C15H14FN3O2/c16-13-6-2-5-12(8-13)15(20)18-9-10-3-1-4-11(7-10)14(17)19-21/h1-8,21H,9H2,(H2,17,19)(H,18,20). The molecular formula is C15H14FN3O2. The number of nitrogens with one attached hydrogen (secondary N) is 1. The quantitative estimate of drug-likeness (QED) is 0.347. The Morgan fingerprint density at radius 2 is 1.90 bits per heavy atom. The van der Waals surface area contributed by atoms with Crippen LogP contribution < -0.4 is 11.1 Å². The fraction of sp³-hybridized carbons (Fsp3) is 0.0667. The third kappa shape index (κ3) is 3.79. The highest BCUT2D eigenvalue weighted by atomic mass is 19.1. The zero-order chi connectivity index (χ0) is 15.2. The zero-order valence-electron chi connectivity index (χ0n) is 11.1. The number of amides is 1. The summed E-state index contributed by atoms with van der Waals surface area (Å²) in [7, 11) is 0. The van der Waals surface area contributed by atoms with Gasteiger partial charge in [0.15, 0.2) is 5.84 Å². The summed E-state index contributed by atoms with van der Waals surface area (Å²) in [6.07, 6.45) is 0. The van der Waals surface area contributed by atoms with Gasteiger partial charge < -0.3 is 16.3 Å². The first-order valence-electron chi connectivity index (χ1n) is 6.21. The summed E-state index contributed by atoms with van der Waals surface area (Å²) >= 11 is 0. The average molecular weight is 287 g/mol. The maximum absolute atomic E-state index is 13.0. The van der Waals surface area contributed by atoms with Crippen LogP contribution in [-0.4, -0.2) is 17.0 Å². The van der Waals surface area contributed by atoms with Crippen LogP contribution in [0.4, 0.5) is 4.39 Å². The largest absolute Gasteiger partial charge is 0.409 e. The van der Waals surface area contributed by atoms with Crippen molar-refractivity contribution < 1.29 is 14.4 Å². The summed E-state index contributed by atoms with van der Waals surface area (Å²) < 4.78 is 13.0. The molecular weight excluding hydrogens is 273 g/mol. The minimum absolute atomic E-state index is 0.00620. The lowest BCUT2D eigenvalue weighted by Crippen LogP contribution is -2.23. The van der Waals surface area contributed by atoms with Crippen LogP contribution in [0.5, 0.6) is 0 Å². The first kappa shape index (κ1) is 14.5. The van der Waals surface area contributed by atoms with Crippen molar-refractivity contribution in [1.82, 2.24) is 5.32 Å². The van der Waals surface area contributed by atoms with E-state index in [1.165, 1.54) is 24.3 Å². The summed E-state index contributed by atoms with van der Waals surface area (Å²) in [6.45, 7) is 0.252. The SMILES string of the molecule is NC(=NO)c1cccc(CNC(=O)c2cccc(F)c2)c1. The number of amidine groups is 1. The third-order valence-corrected chi connectivity index (χ3v) is 2.87. The maximum Gasteiger partial charge on any atom is 0.251 e. The summed E-state index contributed by atoms with van der Waals surface area (Å²) in [5.74, 6) is -0.839. The lowest BCUT2D eigenvalue weighted by molar-refractivity contribution is 0.0950. The third-order valence-electron chi connectivity index (χ3n) is 2.87. The van der Waals surface area contributed by atoms with Gasteiger partial charge in [0.25, 0.3) is 5.91 Å². The summed E-state index contributed by atoms with van der Waals surface area (Å²) in [6, 6.07) is 12.4. The van der Waals surface area contributed by atoms with Crippen molar-refractivity contribution in [2.24, 2.45) is 10.9 Å². The number of carbonyl (C=O) groups excluding carboxylic acids is 1. The number of benzene rings is 2. The van der Waals surface area contributed by atoms with Crippen LogP contribution in [0.15, 0.2) is 53.7 Å². The highest BCUT2D eigenvalue weighted by Gasteiger charge is 2.07. The number of halogens is 1. The molecule has 0 atom stereocenters. The minimum Gasteiger partial charge on any atom is -0.409 e.